The summed E-state index contributed by atoms with van der Waals surface area (Å²) in [5.74, 6) is 1.72. The molecule has 3 nitrogen and oxygen atoms in total. The third kappa shape index (κ3) is 2.61. The summed E-state index contributed by atoms with van der Waals surface area (Å²) in [6.07, 6.45) is 0.991. The van der Waals surface area contributed by atoms with Gasteiger partial charge in [0.05, 0.1) is 18.0 Å². The fraction of sp³-hybridized carbons (Fsp3) is 0.308. The van der Waals surface area contributed by atoms with Gasteiger partial charge in [0.2, 0.25) is 0 Å². The lowest BCUT2D eigenvalue weighted by atomic mass is 10.1. The smallest absolute Gasteiger partial charge is 0.128 e. The van der Waals surface area contributed by atoms with Crippen LogP contribution in [0, 0.1) is 0 Å². The first-order valence-electron chi connectivity index (χ1n) is 5.62. The zero-order valence-corrected chi connectivity index (χ0v) is 10.5. The number of aromatic nitrogens is 1. The van der Waals surface area contributed by atoms with Crippen LogP contribution in [0.5, 0.6) is 5.75 Å². The van der Waals surface area contributed by atoms with Crippen molar-refractivity contribution in [3.05, 3.63) is 29.8 Å². The first-order valence-corrected chi connectivity index (χ1v) is 6.16. The highest BCUT2D eigenvalue weighted by Crippen LogP contribution is 2.24. The summed E-state index contributed by atoms with van der Waals surface area (Å²) in [7, 11) is 0. The lowest BCUT2D eigenvalue weighted by Gasteiger charge is -2.07. The number of hydrogen-bond donors (Lipinski definition) is 1. The summed E-state index contributed by atoms with van der Waals surface area (Å²) in [6.45, 7) is 2.80. The zero-order valence-electron chi connectivity index (χ0n) is 9.74. The number of rotatable bonds is 4. The summed E-state index contributed by atoms with van der Waals surface area (Å²) in [5, 5.41) is 1.00. The molecule has 2 aromatic rings. The van der Waals surface area contributed by atoms with Crippen LogP contribution in [0.25, 0.3) is 10.9 Å². The number of hydrogen-bond acceptors (Lipinski definition) is 3. The molecule has 0 aliphatic rings. The van der Waals surface area contributed by atoms with E-state index in [0.717, 1.165) is 35.2 Å². The zero-order chi connectivity index (χ0) is 12.3. The minimum Gasteiger partial charge on any atom is -0.494 e. The normalized spacial score (nSPS) is 10.7. The Kier molecular flexibility index (Phi) is 3.69. The molecule has 2 N–H and O–H groups in total. The monoisotopic (exact) mass is 250 g/mol. The summed E-state index contributed by atoms with van der Waals surface area (Å²) in [4.78, 5) is 4.31. The van der Waals surface area contributed by atoms with Gasteiger partial charge in [-0.05, 0) is 30.7 Å². The van der Waals surface area contributed by atoms with Crippen LogP contribution < -0.4 is 10.5 Å². The lowest BCUT2D eigenvalue weighted by molar-refractivity contribution is 0.318. The highest BCUT2D eigenvalue weighted by Gasteiger charge is 2.04. The van der Waals surface area contributed by atoms with Crippen LogP contribution in [0.1, 0.15) is 18.9 Å². The maximum atomic E-state index is 5.80. The Labute approximate surface area is 106 Å². The number of nitrogens with two attached hydrogens (primary N) is 1. The molecule has 0 bridgehead atoms. The summed E-state index contributed by atoms with van der Waals surface area (Å²) >= 11 is 5.80. The molecule has 0 radical (unpaired) electrons. The number of ether oxygens (including phenoxy) is 1. The van der Waals surface area contributed by atoms with Crippen LogP contribution in [0.3, 0.4) is 0 Å². The summed E-state index contributed by atoms with van der Waals surface area (Å²) in [5.41, 5.74) is 7.50. The lowest BCUT2D eigenvalue weighted by Crippen LogP contribution is -1.98. The van der Waals surface area contributed by atoms with E-state index in [0.29, 0.717) is 11.7 Å². The molecule has 4 heteroatoms. The Morgan fingerprint density at radius 1 is 1.35 bits per heavy atom. The van der Waals surface area contributed by atoms with Gasteiger partial charge in [0.15, 0.2) is 0 Å². The molecule has 0 aliphatic carbocycles. The van der Waals surface area contributed by atoms with Crippen molar-refractivity contribution in [3.63, 3.8) is 0 Å². The highest BCUT2D eigenvalue weighted by molar-refractivity contribution is 6.17. The highest BCUT2D eigenvalue weighted by atomic mass is 35.5. The number of benzene rings is 1. The largest absolute Gasteiger partial charge is 0.494 e. The topological polar surface area (TPSA) is 48.1 Å². The Balaban J connectivity index is 2.41. The van der Waals surface area contributed by atoms with Crippen LogP contribution in [0.2, 0.25) is 0 Å². The Morgan fingerprint density at radius 3 is 2.88 bits per heavy atom. The number of alkyl halides is 1. The van der Waals surface area contributed by atoms with E-state index < -0.39 is 0 Å². The van der Waals surface area contributed by atoms with Crippen molar-refractivity contribution in [1.29, 1.82) is 0 Å². The van der Waals surface area contributed by atoms with E-state index in [-0.39, 0.29) is 0 Å². The molecule has 1 aromatic carbocycles. The molecule has 90 valence electrons. The van der Waals surface area contributed by atoms with Gasteiger partial charge < -0.3 is 10.5 Å². The maximum Gasteiger partial charge on any atom is 0.128 e. The van der Waals surface area contributed by atoms with Crippen molar-refractivity contribution in [1.82, 2.24) is 4.98 Å². The minimum absolute atomic E-state index is 0.370. The molecule has 0 spiro atoms. The predicted molar refractivity (Wildman–Crippen MR) is 71.5 cm³/mol. The maximum absolute atomic E-state index is 5.80. The minimum atomic E-state index is 0.370. The summed E-state index contributed by atoms with van der Waals surface area (Å²) < 4.78 is 5.57. The van der Waals surface area contributed by atoms with Crippen LogP contribution in [-0.2, 0) is 5.88 Å². The molecule has 0 amide bonds. The number of anilines is 1. The fourth-order valence-corrected chi connectivity index (χ4v) is 1.84. The van der Waals surface area contributed by atoms with Gasteiger partial charge in [-0.25, -0.2) is 4.98 Å². The van der Waals surface area contributed by atoms with Gasteiger partial charge in [0, 0.05) is 10.9 Å². The molecule has 0 saturated carbocycles. The average molecular weight is 251 g/mol. The van der Waals surface area contributed by atoms with Crippen molar-refractivity contribution in [2.24, 2.45) is 0 Å². The summed E-state index contributed by atoms with van der Waals surface area (Å²) in [6, 6.07) is 7.75. The van der Waals surface area contributed by atoms with E-state index in [2.05, 4.69) is 11.9 Å². The van der Waals surface area contributed by atoms with Gasteiger partial charge in [0.1, 0.15) is 11.6 Å². The van der Waals surface area contributed by atoms with Gasteiger partial charge >= 0.3 is 0 Å². The van der Waals surface area contributed by atoms with Crippen LogP contribution >= 0.6 is 11.6 Å². The van der Waals surface area contributed by atoms with Gasteiger partial charge in [0.25, 0.3) is 0 Å². The van der Waals surface area contributed by atoms with Gasteiger partial charge in [-0.2, -0.15) is 0 Å². The number of pyridine rings is 1. The van der Waals surface area contributed by atoms with E-state index in [4.69, 9.17) is 22.1 Å². The second-order valence-electron chi connectivity index (χ2n) is 3.87. The molecule has 0 unspecified atom stereocenters. The van der Waals surface area contributed by atoms with Crippen molar-refractivity contribution < 1.29 is 4.74 Å². The van der Waals surface area contributed by atoms with E-state index in [9.17, 15) is 0 Å². The van der Waals surface area contributed by atoms with Crippen molar-refractivity contribution in [2.75, 3.05) is 12.3 Å². The van der Waals surface area contributed by atoms with E-state index in [1.165, 1.54) is 0 Å². The van der Waals surface area contributed by atoms with E-state index in [1.54, 1.807) is 0 Å². The van der Waals surface area contributed by atoms with E-state index >= 15 is 0 Å². The van der Waals surface area contributed by atoms with Gasteiger partial charge in [-0.15, -0.1) is 11.6 Å². The first kappa shape index (κ1) is 12.0. The molecule has 0 saturated heterocycles. The number of fused-ring (bicyclic) bond motifs is 1. The third-order valence-electron chi connectivity index (χ3n) is 2.52. The van der Waals surface area contributed by atoms with Crippen molar-refractivity contribution in [3.8, 4) is 5.75 Å². The fourth-order valence-electron chi connectivity index (χ4n) is 1.63. The first-order chi connectivity index (χ1) is 8.24. The van der Waals surface area contributed by atoms with Gasteiger partial charge in [-0.3, -0.25) is 0 Å². The van der Waals surface area contributed by atoms with Gasteiger partial charge in [-0.1, -0.05) is 6.92 Å². The molecular formula is C13H15ClN2O. The third-order valence-corrected chi connectivity index (χ3v) is 2.80. The predicted octanol–water partition coefficient (Wildman–Crippen LogP) is 3.34. The number of nitrogens with zero attached hydrogens (tertiary/aromatic N) is 1. The number of halogens is 1. The second-order valence-corrected chi connectivity index (χ2v) is 4.14. The number of nitrogen functional groups attached to an aromatic ring is 1. The average Bonchev–Trinajstić information content (AvgIpc) is 2.35. The molecular weight excluding hydrogens is 236 g/mol. The van der Waals surface area contributed by atoms with Crippen LogP contribution in [-0.4, -0.2) is 11.6 Å². The SMILES string of the molecule is CCCOc1ccc2nc(N)c(CCl)cc2c1. The van der Waals surface area contributed by atoms with Crippen molar-refractivity contribution in [2.45, 2.75) is 19.2 Å². The van der Waals surface area contributed by atoms with Crippen LogP contribution in [0.15, 0.2) is 24.3 Å². The molecule has 1 heterocycles. The second kappa shape index (κ2) is 5.23. The molecule has 0 aliphatic heterocycles. The molecule has 17 heavy (non-hydrogen) atoms. The Morgan fingerprint density at radius 2 is 2.18 bits per heavy atom. The molecule has 1 aromatic heterocycles. The Bertz CT molecular complexity index is 528. The molecule has 2 rings (SSSR count). The quantitative estimate of drug-likeness (QED) is 0.847. The van der Waals surface area contributed by atoms with Crippen molar-refractivity contribution >= 4 is 28.3 Å². The van der Waals surface area contributed by atoms with Crippen LogP contribution in [0.4, 0.5) is 5.82 Å². The van der Waals surface area contributed by atoms with E-state index in [1.807, 2.05) is 24.3 Å². The Hall–Kier alpha value is -1.48. The molecule has 0 atom stereocenters. The standard InChI is InChI=1S/C13H15ClN2O/c1-2-5-17-11-3-4-12-9(7-11)6-10(8-14)13(15)16-12/h3-4,6-7H,2,5,8H2,1H3,(H2,15,16). The molecule has 0 fully saturated rings.